The van der Waals surface area contributed by atoms with Gasteiger partial charge in [0.2, 0.25) is 0 Å². The van der Waals surface area contributed by atoms with Gasteiger partial charge in [-0.15, -0.1) is 0 Å². The molecule has 1 heterocycles. The topological polar surface area (TPSA) is 62.3 Å². The molecule has 19 heavy (non-hydrogen) atoms. The molecule has 0 amide bonds. The molecule has 2 rings (SSSR count). The number of nitrogen functional groups attached to an aromatic ring is 1. The predicted molar refractivity (Wildman–Crippen MR) is 71.0 cm³/mol. The van der Waals surface area contributed by atoms with E-state index in [2.05, 4.69) is 5.10 Å². The Bertz CT molecular complexity index is 596. The van der Waals surface area contributed by atoms with E-state index in [9.17, 15) is 4.39 Å². The Kier molecular flexibility index (Phi) is 3.59. The van der Waals surface area contributed by atoms with Gasteiger partial charge in [0.1, 0.15) is 12.5 Å². The summed E-state index contributed by atoms with van der Waals surface area (Å²) in [5.41, 5.74) is 7.80. The molecule has 0 aliphatic carbocycles. The first-order chi connectivity index (χ1) is 9.12. The van der Waals surface area contributed by atoms with Crippen molar-refractivity contribution in [3.8, 4) is 22.6 Å². The number of anilines is 1. The highest BCUT2D eigenvalue weighted by Crippen LogP contribution is 2.41. The van der Waals surface area contributed by atoms with Gasteiger partial charge >= 0.3 is 0 Å². The van der Waals surface area contributed by atoms with Crippen LogP contribution >= 0.6 is 0 Å². The fraction of sp³-hybridized carbons (Fsp3) is 0.308. The highest BCUT2D eigenvalue weighted by molar-refractivity contribution is 5.81. The molecule has 0 aliphatic heterocycles. The number of rotatable bonds is 4. The van der Waals surface area contributed by atoms with Gasteiger partial charge in [0.15, 0.2) is 11.5 Å². The predicted octanol–water partition coefficient (Wildman–Crippen LogP) is 2.16. The van der Waals surface area contributed by atoms with Crippen LogP contribution in [0.2, 0.25) is 0 Å². The van der Waals surface area contributed by atoms with E-state index >= 15 is 0 Å². The molecule has 1 aromatic carbocycles. The van der Waals surface area contributed by atoms with Gasteiger partial charge in [-0.25, -0.2) is 4.39 Å². The van der Waals surface area contributed by atoms with Gasteiger partial charge in [0, 0.05) is 18.2 Å². The van der Waals surface area contributed by atoms with Crippen LogP contribution in [0.25, 0.3) is 11.1 Å². The lowest BCUT2D eigenvalue weighted by atomic mass is 10.0. The van der Waals surface area contributed by atoms with Crippen LogP contribution in [0.3, 0.4) is 0 Å². The van der Waals surface area contributed by atoms with Crippen LogP contribution in [-0.2, 0) is 13.7 Å². The number of aryl methyl sites for hydroxylation is 1. The Morgan fingerprint density at radius 3 is 2.47 bits per heavy atom. The van der Waals surface area contributed by atoms with E-state index in [1.165, 1.54) is 14.2 Å². The molecule has 0 aliphatic rings. The number of benzene rings is 1. The van der Waals surface area contributed by atoms with Gasteiger partial charge in [0.05, 0.1) is 20.4 Å². The second kappa shape index (κ2) is 5.17. The standard InChI is InChI=1S/C13H16FN3O2/c1-17-13(15)10(7-16-17)9-4-8(6-14)5-11(18-2)12(9)19-3/h4-5,7H,6,15H2,1-3H3. The first-order valence-electron chi connectivity index (χ1n) is 5.71. The average Bonchev–Trinajstić information content (AvgIpc) is 2.77. The molecule has 0 fully saturated rings. The van der Waals surface area contributed by atoms with Crippen LogP contribution in [0.1, 0.15) is 5.56 Å². The summed E-state index contributed by atoms with van der Waals surface area (Å²) in [6, 6.07) is 3.30. The molecule has 0 bridgehead atoms. The van der Waals surface area contributed by atoms with Gasteiger partial charge in [-0.1, -0.05) is 0 Å². The molecular formula is C13H16FN3O2. The van der Waals surface area contributed by atoms with Crippen molar-refractivity contribution in [2.45, 2.75) is 6.67 Å². The summed E-state index contributed by atoms with van der Waals surface area (Å²) in [7, 11) is 4.78. The molecule has 0 spiro atoms. The second-order valence-electron chi connectivity index (χ2n) is 4.08. The number of methoxy groups -OCH3 is 2. The van der Waals surface area contributed by atoms with Crippen LogP contribution in [0, 0.1) is 0 Å². The molecule has 0 radical (unpaired) electrons. The first-order valence-corrected chi connectivity index (χ1v) is 5.71. The number of aromatic nitrogens is 2. The third-order valence-corrected chi connectivity index (χ3v) is 2.97. The maximum atomic E-state index is 12.9. The van der Waals surface area contributed by atoms with Crippen molar-refractivity contribution in [2.24, 2.45) is 7.05 Å². The van der Waals surface area contributed by atoms with Gasteiger partial charge in [-0.05, 0) is 17.7 Å². The van der Waals surface area contributed by atoms with Crippen molar-refractivity contribution in [1.29, 1.82) is 0 Å². The van der Waals surface area contributed by atoms with Crippen LogP contribution in [0.5, 0.6) is 11.5 Å². The number of nitrogens with two attached hydrogens (primary N) is 1. The quantitative estimate of drug-likeness (QED) is 0.920. The lowest BCUT2D eigenvalue weighted by molar-refractivity contribution is 0.354. The molecule has 0 saturated carbocycles. The number of alkyl halides is 1. The monoisotopic (exact) mass is 265 g/mol. The maximum absolute atomic E-state index is 12.9. The smallest absolute Gasteiger partial charge is 0.168 e. The van der Waals surface area contributed by atoms with Crippen molar-refractivity contribution in [1.82, 2.24) is 9.78 Å². The van der Waals surface area contributed by atoms with Crippen LogP contribution < -0.4 is 15.2 Å². The van der Waals surface area contributed by atoms with Crippen molar-refractivity contribution < 1.29 is 13.9 Å². The molecule has 0 unspecified atom stereocenters. The minimum atomic E-state index is -0.590. The SMILES string of the molecule is COc1cc(CF)cc(-c2cnn(C)c2N)c1OC. The normalized spacial score (nSPS) is 10.5. The van der Waals surface area contributed by atoms with E-state index in [1.807, 2.05) is 0 Å². The van der Waals surface area contributed by atoms with E-state index in [4.69, 9.17) is 15.2 Å². The fourth-order valence-electron chi connectivity index (χ4n) is 1.95. The van der Waals surface area contributed by atoms with Gasteiger partial charge in [-0.2, -0.15) is 5.10 Å². The maximum Gasteiger partial charge on any atom is 0.168 e. The number of nitrogens with zero attached hydrogens (tertiary/aromatic N) is 2. The summed E-state index contributed by atoms with van der Waals surface area (Å²) in [6.07, 6.45) is 1.62. The first kappa shape index (κ1) is 13.2. The third-order valence-electron chi connectivity index (χ3n) is 2.97. The lowest BCUT2D eigenvalue weighted by Gasteiger charge is -2.14. The Labute approximate surface area is 110 Å². The van der Waals surface area contributed by atoms with Gasteiger partial charge in [-0.3, -0.25) is 4.68 Å². The summed E-state index contributed by atoms with van der Waals surface area (Å²) < 4.78 is 25.0. The zero-order chi connectivity index (χ0) is 14.0. The third kappa shape index (κ3) is 2.21. The minimum absolute atomic E-state index is 0.468. The van der Waals surface area contributed by atoms with Crippen molar-refractivity contribution in [3.05, 3.63) is 23.9 Å². The van der Waals surface area contributed by atoms with E-state index in [0.717, 1.165) is 0 Å². The Morgan fingerprint density at radius 2 is 2.00 bits per heavy atom. The zero-order valence-electron chi connectivity index (χ0n) is 11.1. The number of hydrogen-bond donors (Lipinski definition) is 1. The summed E-state index contributed by atoms with van der Waals surface area (Å²) in [5, 5.41) is 4.08. The molecule has 0 saturated heterocycles. The largest absolute Gasteiger partial charge is 0.493 e. The minimum Gasteiger partial charge on any atom is -0.493 e. The van der Waals surface area contributed by atoms with Crippen LogP contribution in [-0.4, -0.2) is 24.0 Å². The highest BCUT2D eigenvalue weighted by Gasteiger charge is 2.18. The number of ether oxygens (including phenoxy) is 2. The van der Waals surface area contributed by atoms with E-state index in [1.54, 1.807) is 30.1 Å². The molecule has 102 valence electrons. The molecule has 5 nitrogen and oxygen atoms in total. The Morgan fingerprint density at radius 1 is 1.26 bits per heavy atom. The van der Waals surface area contributed by atoms with Crippen LogP contribution in [0.15, 0.2) is 18.3 Å². The lowest BCUT2D eigenvalue weighted by Crippen LogP contribution is -2.00. The summed E-state index contributed by atoms with van der Waals surface area (Å²) in [5.74, 6) is 1.46. The second-order valence-corrected chi connectivity index (χ2v) is 4.08. The van der Waals surface area contributed by atoms with Crippen molar-refractivity contribution in [2.75, 3.05) is 20.0 Å². The van der Waals surface area contributed by atoms with E-state index < -0.39 is 6.67 Å². The van der Waals surface area contributed by atoms with Gasteiger partial charge in [0.25, 0.3) is 0 Å². The summed E-state index contributed by atoms with van der Waals surface area (Å²) >= 11 is 0. The summed E-state index contributed by atoms with van der Waals surface area (Å²) in [6.45, 7) is -0.590. The molecular weight excluding hydrogens is 249 g/mol. The van der Waals surface area contributed by atoms with E-state index in [0.29, 0.717) is 34.0 Å². The fourth-order valence-corrected chi connectivity index (χ4v) is 1.95. The van der Waals surface area contributed by atoms with Crippen LogP contribution in [0.4, 0.5) is 10.2 Å². The van der Waals surface area contributed by atoms with Gasteiger partial charge < -0.3 is 15.2 Å². The average molecular weight is 265 g/mol. The molecule has 1 aromatic heterocycles. The van der Waals surface area contributed by atoms with E-state index in [-0.39, 0.29) is 0 Å². The number of hydrogen-bond acceptors (Lipinski definition) is 4. The number of halogens is 1. The van der Waals surface area contributed by atoms with Crippen molar-refractivity contribution >= 4 is 5.82 Å². The Balaban J connectivity index is 2.70. The molecule has 0 atom stereocenters. The zero-order valence-corrected chi connectivity index (χ0v) is 11.1. The Hall–Kier alpha value is -2.24. The molecule has 2 aromatic rings. The molecule has 6 heteroatoms. The highest BCUT2D eigenvalue weighted by atomic mass is 19.1. The van der Waals surface area contributed by atoms with Crippen molar-refractivity contribution in [3.63, 3.8) is 0 Å². The summed E-state index contributed by atoms with van der Waals surface area (Å²) in [4.78, 5) is 0. The molecule has 2 N–H and O–H groups in total.